The summed E-state index contributed by atoms with van der Waals surface area (Å²) in [7, 11) is 0. The maximum absolute atomic E-state index is 12.2. The Morgan fingerprint density at radius 2 is 1.81 bits per heavy atom. The molecule has 10 atom stereocenters. The second-order valence-corrected chi connectivity index (χ2v) is 13.5. The molecule has 3 saturated carbocycles. The second-order valence-electron chi connectivity index (χ2n) is 13.5. The monoisotopic (exact) mass is 497 g/mol. The third kappa shape index (κ3) is 4.36. The molecule has 36 heavy (non-hydrogen) atoms. The van der Waals surface area contributed by atoms with Crippen LogP contribution in [0, 0.1) is 46.3 Å². The maximum atomic E-state index is 12.2. The van der Waals surface area contributed by atoms with Gasteiger partial charge in [-0.3, -0.25) is 14.6 Å². The Kier molecular flexibility index (Phi) is 6.91. The van der Waals surface area contributed by atoms with Gasteiger partial charge in [-0.05, 0) is 85.9 Å². The van der Waals surface area contributed by atoms with Crippen molar-refractivity contribution >= 4 is 17.7 Å². The van der Waals surface area contributed by atoms with Crippen LogP contribution < -0.4 is 0 Å². The minimum Gasteiger partial charge on any atom is -0.462 e. The van der Waals surface area contributed by atoms with Gasteiger partial charge < -0.3 is 9.47 Å². The number of hydrogen-bond acceptors (Lipinski definition) is 5. The van der Waals surface area contributed by atoms with Gasteiger partial charge in [-0.15, -0.1) is 0 Å². The normalized spacial score (nSPS) is 44.8. The minimum absolute atomic E-state index is 0.00816. The lowest BCUT2D eigenvalue weighted by Crippen LogP contribution is -2.51. The number of nitrogens with zero attached hydrogens (tertiary/aromatic N) is 1. The number of hydrogen-bond donors (Lipinski definition) is 0. The summed E-state index contributed by atoms with van der Waals surface area (Å²) in [6.45, 7) is 13.7. The highest BCUT2D eigenvalue weighted by molar-refractivity contribution is 5.87. The van der Waals surface area contributed by atoms with Gasteiger partial charge in [0.25, 0.3) is 0 Å². The number of aliphatic imine (C=N–C) groups is 1. The topological polar surface area (TPSA) is 65.0 Å². The SMILES string of the molecule is CC(=O)OC1CC[C@@]2(C)C(=CC[C@@H]3[C@@H]2CC[C@]2(C)C(C(C)C4=NCC(C)CC4)C(OC(C)=O)C[C@@H]32)C1. The summed E-state index contributed by atoms with van der Waals surface area (Å²) >= 11 is 0. The zero-order valence-electron chi connectivity index (χ0n) is 23.3. The maximum Gasteiger partial charge on any atom is 0.302 e. The van der Waals surface area contributed by atoms with Crippen molar-refractivity contribution in [1.29, 1.82) is 0 Å². The fourth-order valence-electron chi connectivity index (χ4n) is 9.63. The smallest absolute Gasteiger partial charge is 0.302 e. The molecule has 5 unspecified atom stereocenters. The van der Waals surface area contributed by atoms with Crippen LogP contribution in [0.4, 0.5) is 0 Å². The molecule has 0 spiro atoms. The number of carbonyl (C=O) groups excluding carboxylic acids is 2. The Morgan fingerprint density at radius 3 is 2.47 bits per heavy atom. The van der Waals surface area contributed by atoms with Crippen LogP contribution in [-0.2, 0) is 19.1 Å². The van der Waals surface area contributed by atoms with Crippen LogP contribution in [0.1, 0.15) is 99.3 Å². The van der Waals surface area contributed by atoms with Crippen molar-refractivity contribution in [2.24, 2.45) is 51.3 Å². The van der Waals surface area contributed by atoms with E-state index >= 15 is 0 Å². The molecule has 0 radical (unpaired) electrons. The predicted octanol–water partition coefficient (Wildman–Crippen LogP) is 6.55. The molecule has 5 rings (SSSR count). The van der Waals surface area contributed by atoms with Crippen molar-refractivity contribution in [3.63, 3.8) is 0 Å². The van der Waals surface area contributed by atoms with E-state index in [1.807, 2.05) is 0 Å². The van der Waals surface area contributed by atoms with Crippen molar-refractivity contribution in [2.45, 2.75) is 112 Å². The van der Waals surface area contributed by atoms with Crippen LogP contribution in [0.5, 0.6) is 0 Å². The van der Waals surface area contributed by atoms with E-state index in [9.17, 15) is 9.59 Å². The van der Waals surface area contributed by atoms with Gasteiger partial charge in [0.1, 0.15) is 12.2 Å². The Morgan fingerprint density at radius 1 is 1.06 bits per heavy atom. The quantitative estimate of drug-likeness (QED) is 0.326. The molecular weight excluding hydrogens is 450 g/mol. The van der Waals surface area contributed by atoms with E-state index in [2.05, 4.69) is 33.8 Å². The summed E-state index contributed by atoms with van der Waals surface area (Å²) < 4.78 is 11.7. The highest BCUT2D eigenvalue weighted by atomic mass is 16.5. The lowest BCUT2D eigenvalue weighted by Gasteiger charge is -2.58. The van der Waals surface area contributed by atoms with Crippen LogP contribution in [0.15, 0.2) is 16.6 Å². The van der Waals surface area contributed by atoms with Gasteiger partial charge in [-0.1, -0.05) is 39.3 Å². The van der Waals surface area contributed by atoms with E-state index in [-0.39, 0.29) is 35.0 Å². The summed E-state index contributed by atoms with van der Waals surface area (Å²) in [4.78, 5) is 28.8. The standard InChI is InChI=1S/C31H47NO4/c1-18-7-10-27(32-17-18)19(2)29-28(36-21(4)34)16-26-24-9-8-22-15-23(35-20(3)33)11-13-30(22,5)25(24)12-14-31(26,29)6/h8,18-19,23-26,28-29H,7,9-17H2,1-6H3/t18?,19?,23?,24-,25+,26+,28?,29?,30+,31+/m1/s1. The zero-order chi connectivity index (χ0) is 25.8. The number of fused-ring (bicyclic) bond motifs is 5. The minimum atomic E-state index is -0.161. The number of rotatable bonds is 4. The molecule has 5 nitrogen and oxygen atoms in total. The fourth-order valence-corrected chi connectivity index (χ4v) is 9.63. The molecular formula is C31H47NO4. The third-order valence-electron chi connectivity index (χ3n) is 11.4. The van der Waals surface area contributed by atoms with Gasteiger partial charge in [0, 0.05) is 44.4 Å². The summed E-state index contributed by atoms with van der Waals surface area (Å²) in [5, 5.41) is 0. The van der Waals surface area contributed by atoms with Crippen LogP contribution in [-0.4, -0.2) is 36.4 Å². The molecule has 200 valence electrons. The average molecular weight is 498 g/mol. The highest BCUT2D eigenvalue weighted by Gasteiger charge is 2.63. The zero-order valence-corrected chi connectivity index (χ0v) is 23.3. The van der Waals surface area contributed by atoms with Crippen LogP contribution >= 0.6 is 0 Å². The first-order valence-corrected chi connectivity index (χ1v) is 14.6. The number of esters is 2. The van der Waals surface area contributed by atoms with Gasteiger partial charge in [0.05, 0.1) is 0 Å². The first-order valence-electron chi connectivity index (χ1n) is 14.6. The largest absolute Gasteiger partial charge is 0.462 e. The summed E-state index contributed by atoms with van der Waals surface area (Å²) in [5.74, 6) is 2.93. The highest BCUT2D eigenvalue weighted by Crippen LogP contribution is 2.67. The van der Waals surface area contributed by atoms with Gasteiger partial charge in [0.2, 0.25) is 0 Å². The molecule has 0 N–H and O–H groups in total. The predicted molar refractivity (Wildman–Crippen MR) is 142 cm³/mol. The van der Waals surface area contributed by atoms with Gasteiger partial charge in [0.15, 0.2) is 0 Å². The molecule has 4 aliphatic carbocycles. The van der Waals surface area contributed by atoms with Crippen molar-refractivity contribution in [3.05, 3.63) is 11.6 Å². The summed E-state index contributed by atoms with van der Waals surface area (Å²) in [6, 6.07) is 0. The van der Waals surface area contributed by atoms with Crippen LogP contribution in [0.25, 0.3) is 0 Å². The van der Waals surface area contributed by atoms with Crippen molar-refractivity contribution in [3.8, 4) is 0 Å². The van der Waals surface area contributed by atoms with Gasteiger partial charge in [-0.2, -0.15) is 0 Å². The molecule has 0 amide bonds. The molecule has 1 heterocycles. The molecule has 0 aromatic heterocycles. The molecule has 0 aromatic carbocycles. The average Bonchev–Trinajstić information content (AvgIpc) is 3.10. The molecule has 5 aliphatic rings. The van der Waals surface area contributed by atoms with Gasteiger partial charge >= 0.3 is 11.9 Å². The van der Waals surface area contributed by atoms with E-state index in [4.69, 9.17) is 14.5 Å². The van der Waals surface area contributed by atoms with E-state index in [0.717, 1.165) is 45.1 Å². The fraction of sp³-hybridized carbons (Fsp3) is 0.839. The lowest BCUT2D eigenvalue weighted by molar-refractivity contribution is -0.150. The Balaban J connectivity index is 1.43. The third-order valence-corrected chi connectivity index (χ3v) is 11.4. The van der Waals surface area contributed by atoms with Crippen LogP contribution in [0.2, 0.25) is 0 Å². The number of carbonyl (C=O) groups is 2. The molecule has 0 aromatic rings. The number of ether oxygens (including phenoxy) is 2. The second kappa shape index (κ2) is 9.58. The van der Waals surface area contributed by atoms with E-state index in [1.165, 1.54) is 37.5 Å². The van der Waals surface area contributed by atoms with Crippen molar-refractivity contribution in [1.82, 2.24) is 0 Å². The van der Waals surface area contributed by atoms with E-state index < -0.39 is 0 Å². The first-order chi connectivity index (χ1) is 17.0. The molecule has 5 heteroatoms. The van der Waals surface area contributed by atoms with E-state index in [0.29, 0.717) is 35.5 Å². The molecule has 0 saturated heterocycles. The number of allylic oxidation sites excluding steroid dienone is 1. The van der Waals surface area contributed by atoms with Crippen LogP contribution in [0.3, 0.4) is 0 Å². The Labute approximate surface area is 217 Å². The van der Waals surface area contributed by atoms with E-state index in [1.54, 1.807) is 6.92 Å². The summed E-state index contributed by atoms with van der Waals surface area (Å²) in [6.07, 6.45) is 12.3. The Hall–Kier alpha value is -1.65. The van der Waals surface area contributed by atoms with Crippen molar-refractivity contribution < 1.29 is 19.1 Å². The van der Waals surface area contributed by atoms with Gasteiger partial charge in [-0.25, -0.2) is 0 Å². The van der Waals surface area contributed by atoms with Crippen molar-refractivity contribution in [2.75, 3.05) is 6.54 Å². The Bertz CT molecular complexity index is 954. The molecule has 0 bridgehead atoms. The summed E-state index contributed by atoms with van der Waals surface area (Å²) in [5.41, 5.74) is 3.25. The lowest BCUT2D eigenvalue weighted by atomic mass is 9.47. The first kappa shape index (κ1) is 26.0. The molecule has 1 aliphatic heterocycles. The molecule has 3 fully saturated rings.